The van der Waals surface area contributed by atoms with E-state index in [0.29, 0.717) is 6.42 Å². The Morgan fingerprint density at radius 2 is 1.93 bits per heavy atom. The molecule has 0 amide bonds. The molecule has 7 nitrogen and oxygen atoms in total. The monoisotopic (exact) mass is 260 g/mol. The Bertz CT molecular complexity index is 342. The first kappa shape index (κ1) is 13.1. The molecule has 0 aromatic heterocycles. The lowest BCUT2D eigenvalue weighted by molar-refractivity contribution is 0.0914. The van der Waals surface area contributed by atoms with Gasteiger partial charge in [0.05, 0.1) is 12.7 Å². The van der Waals surface area contributed by atoms with E-state index in [4.69, 9.17) is 4.52 Å². The van der Waals surface area contributed by atoms with Gasteiger partial charge in [-0.1, -0.05) is 0 Å². The Hall–Kier alpha value is 0.0200. The maximum Gasteiger partial charge on any atom is 0.474 e. The summed E-state index contributed by atoms with van der Waals surface area (Å²) in [5, 5.41) is 0. The van der Waals surface area contributed by atoms with E-state index in [-0.39, 0.29) is 12.4 Å². The highest BCUT2D eigenvalue weighted by Crippen LogP contribution is 2.49. The second-order valence-corrected chi connectivity index (χ2v) is 6.39. The third-order valence-corrected chi connectivity index (χ3v) is 4.57. The minimum absolute atomic E-state index is 0.0143. The number of hydrogen-bond donors (Lipinski definition) is 0. The molecule has 0 N–H and O–H groups in total. The number of hydrogen-bond acceptors (Lipinski definition) is 7. The predicted octanol–water partition coefficient (Wildman–Crippen LogP) is 0.523. The van der Waals surface area contributed by atoms with Gasteiger partial charge >= 0.3 is 7.82 Å². The zero-order valence-electron chi connectivity index (χ0n) is 8.41. The van der Waals surface area contributed by atoms with Gasteiger partial charge in [0, 0.05) is 20.6 Å². The standard InChI is InChI=1S/C6H13O7PS/c1-10-14(7,11-2)13-6-3-4-12-15(8,9)5-6/h6H,3-5H2,1-2H3. The minimum atomic E-state index is -3.63. The molecule has 0 aromatic carbocycles. The molecule has 1 atom stereocenters. The van der Waals surface area contributed by atoms with E-state index in [9.17, 15) is 13.0 Å². The Morgan fingerprint density at radius 3 is 2.40 bits per heavy atom. The summed E-state index contributed by atoms with van der Waals surface area (Å²) in [6, 6.07) is 0. The van der Waals surface area contributed by atoms with Gasteiger partial charge < -0.3 is 0 Å². The van der Waals surface area contributed by atoms with E-state index >= 15 is 0 Å². The molecule has 9 heteroatoms. The van der Waals surface area contributed by atoms with Gasteiger partial charge in [-0.3, -0.25) is 17.8 Å². The molecule has 1 aliphatic rings. The van der Waals surface area contributed by atoms with Crippen LogP contribution in [0, 0.1) is 0 Å². The van der Waals surface area contributed by atoms with E-state index in [0.717, 1.165) is 14.2 Å². The molecular formula is C6H13O7PS. The van der Waals surface area contributed by atoms with Crippen molar-refractivity contribution in [1.29, 1.82) is 0 Å². The molecule has 1 heterocycles. The molecule has 0 saturated carbocycles. The topological polar surface area (TPSA) is 88.1 Å². The predicted molar refractivity (Wildman–Crippen MR) is 50.9 cm³/mol. The van der Waals surface area contributed by atoms with E-state index in [1.54, 1.807) is 0 Å². The molecular weight excluding hydrogens is 247 g/mol. The van der Waals surface area contributed by atoms with Gasteiger partial charge in [-0.05, 0) is 0 Å². The minimum Gasteiger partial charge on any atom is -0.290 e. The normalized spacial score (nSPS) is 26.4. The highest BCUT2D eigenvalue weighted by Gasteiger charge is 2.34. The van der Waals surface area contributed by atoms with Crippen molar-refractivity contribution in [3.63, 3.8) is 0 Å². The third kappa shape index (κ3) is 3.82. The average Bonchev–Trinajstić information content (AvgIpc) is 2.16. The Morgan fingerprint density at radius 1 is 1.33 bits per heavy atom. The maximum atomic E-state index is 11.5. The number of phosphoric ester groups is 1. The molecule has 90 valence electrons. The van der Waals surface area contributed by atoms with Crippen molar-refractivity contribution in [2.24, 2.45) is 0 Å². The molecule has 1 rings (SSSR count). The molecule has 1 unspecified atom stereocenters. The van der Waals surface area contributed by atoms with E-state index < -0.39 is 24.0 Å². The lowest BCUT2D eigenvalue weighted by Crippen LogP contribution is -2.32. The molecule has 1 aliphatic heterocycles. The van der Waals surface area contributed by atoms with Gasteiger partial charge in [-0.25, -0.2) is 4.57 Å². The molecule has 0 aromatic rings. The quantitative estimate of drug-likeness (QED) is 0.537. The fourth-order valence-electron chi connectivity index (χ4n) is 1.09. The number of rotatable bonds is 4. The van der Waals surface area contributed by atoms with Crippen LogP contribution in [0.2, 0.25) is 0 Å². The summed E-state index contributed by atoms with van der Waals surface area (Å²) in [5.74, 6) is -0.344. The lowest BCUT2D eigenvalue weighted by atomic mass is 10.3. The molecule has 0 bridgehead atoms. The van der Waals surface area contributed by atoms with Crippen molar-refractivity contribution in [3.05, 3.63) is 0 Å². The fourth-order valence-corrected chi connectivity index (χ4v) is 3.20. The van der Waals surface area contributed by atoms with Crippen molar-refractivity contribution >= 4 is 17.9 Å². The smallest absolute Gasteiger partial charge is 0.290 e. The zero-order valence-corrected chi connectivity index (χ0v) is 10.1. The SMILES string of the molecule is COP(=O)(OC)OC1CCOS(=O)(=O)C1. The first-order valence-electron chi connectivity index (χ1n) is 4.18. The zero-order chi connectivity index (χ0) is 11.5. The number of phosphoric acid groups is 1. The van der Waals surface area contributed by atoms with Crippen LogP contribution in [0.25, 0.3) is 0 Å². The van der Waals surface area contributed by atoms with Gasteiger partial charge in [0.25, 0.3) is 10.1 Å². The Kier molecular flexibility index (Phi) is 4.28. The van der Waals surface area contributed by atoms with E-state index in [1.165, 1.54) is 0 Å². The molecule has 0 radical (unpaired) electrons. The van der Waals surface area contributed by atoms with Gasteiger partial charge in [0.1, 0.15) is 5.75 Å². The average molecular weight is 260 g/mol. The largest absolute Gasteiger partial charge is 0.474 e. The fraction of sp³-hybridized carbons (Fsp3) is 1.00. The van der Waals surface area contributed by atoms with Crippen LogP contribution < -0.4 is 0 Å². The summed E-state index contributed by atoms with van der Waals surface area (Å²) < 4.78 is 52.2. The van der Waals surface area contributed by atoms with Crippen molar-refractivity contribution in [2.75, 3.05) is 26.6 Å². The highest BCUT2D eigenvalue weighted by molar-refractivity contribution is 7.86. The first-order valence-corrected chi connectivity index (χ1v) is 7.21. The van der Waals surface area contributed by atoms with Crippen LogP contribution in [0.3, 0.4) is 0 Å². The van der Waals surface area contributed by atoms with Crippen LogP contribution in [0.5, 0.6) is 0 Å². The Labute approximate surface area is 88.4 Å². The van der Waals surface area contributed by atoms with Gasteiger partial charge in [0.15, 0.2) is 0 Å². The highest BCUT2D eigenvalue weighted by atomic mass is 32.2. The lowest BCUT2D eigenvalue weighted by Gasteiger charge is -2.24. The van der Waals surface area contributed by atoms with Crippen LogP contribution in [-0.4, -0.2) is 41.1 Å². The molecule has 0 aliphatic carbocycles. The van der Waals surface area contributed by atoms with Crippen molar-refractivity contribution in [1.82, 2.24) is 0 Å². The summed E-state index contributed by atoms with van der Waals surface area (Å²) in [5.41, 5.74) is 0. The van der Waals surface area contributed by atoms with Crippen LogP contribution in [0.4, 0.5) is 0 Å². The summed E-state index contributed by atoms with van der Waals surface area (Å²) in [6.45, 7) is 0.0143. The Balaban J connectivity index is 2.63. The van der Waals surface area contributed by atoms with Crippen molar-refractivity contribution in [2.45, 2.75) is 12.5 Å². The summed E-state index contributed by atoms with van der Waals surface area (Å²) >= 11 is 0. The third-order valence-electron chi connectivity index (χ3n) is 1.82. The van der Waals surface area contributed by atoms with Gasteiger partial charge in [-0.15, -0.1) is 0 Å². The molecule has 0 spiro atoms. The van der Waals surface area contributed by atoms with E-state index in [2.05, 4.69) is 13.2 Å². The first-order chi connectivity index (χ1) is 6.91. The molecule has 1 saturated heterocycles. The summed E-state index contributed by atoms with van der Waals surface area (Å²) in [6.07, 6.45) is -0.398. The van der Waals surface area contributed by atoms with Crippen LogP contribution in [0.1, 0.15) is 6.42 Å². The maximum absolute atomic E-state index is 11.5. The molecule has 1 fully saturated rings. The van der Waals surface area contributed by atoms with Crippen molar-refractivity contribution in [3.8, 4) is 0 Å². The van der Waals surface area contributed by atoms with E-state index in [1.807, 2.05) is 0 Å². The van der Waals surface area contributed by atoms with Crippen LogP contribution in [0.15, 0.2) is 0 Å². The second-order valence-electron chi connectivity index (χ2n) is 2.87. The van der Waals surface area contributed by atoms with Crippen LogP contribution in [-0.2, 0) is 32.4 Å². The summed E-state index contributed by atoms with van der Waals surface area (Å²) in [7, 11) is -4.87. The van der Waals surface area contributed by atoms with Gasteiger partial charge in [-0.2, -0.15) is 8.42 Å². The van der Waals surface area contributed by atoms with Crippen molar-refractivity contribution < 1.29 is 30.7 Å². The second kappa shape index (κ2) is 4.90. The summed E-state index contributed by atoms with van der Waals surface area (Å²) in [4.78, 5) is 0. The van der Waals surface area contributed by atoms with Crippen LogP contribution >= 0.6 is 7.82 Å². The molecule has 15 heavy (non-hydrogen) atoms. The van der Waals surface area contributed by atoms with Gasteiger partial charge in [0.2, 0.25) is 0 Å².